The van der Waals surface area contributed by atoms with Gasteiger partial charge in [0.05, 0.1) is 12.1 Å². The molecule has 0 spiro atoms. The van der Waals surface area contributed by atoms with E-state index in [1.807, 2.05) is 24.3 Å². The van der Waals surface area contributed by atoms with Crippen LogP contribution in [0.15, 0.2) is 43.2 Å². The first kappa shape index (κ1) is 10.9. The van der Waals surface area contributed by atoms with Gasteiger partial charge in [0, 0.05) is 0 Å². The second-order valence-corrected chi connectivity index (χ2v) is 3.97. The van der Waals surface area contributed by atoms with E-state index in [2.05, 4.69) is 11.6 Å². The Balaban J connectivity index is 2.15. The third-order valence-corrected chi connectivity index (χ3v) is 2.66. The molecule has 0 aliphatic carbocycles. The van der Waals surface area contributed by atoms with E-state index in [9.17, 15) is 4.57 Å². The Labute approximate surface area is 93.2 Å². The van der Waals surface area contributed by atoms with Gasteiger partial charge >= 0.3 is 8.25 Å². The summed E-state index contributed by atoms with van der Waals surface area (Å²) in [6, 6.07) is 7.39. The lowest BCUT2D eigenvalue weighted by atomic mass is 10.3. The van der Waals surface area contributed by atoms with E-state index in [1.165, 1.54) is 17.1 Å². The van der Waals surface area contributed by atoms with E-state index in [0.29, 0.717) is 0 Å². The number of benzene rings is 1. The van der Waals surface area contributed by atoms with E-state index < -0.39 is 8.25 Å². The van der Waals surface area contributed by atoms with Gasteiger partial charge in [-0.1, -0.05) is 18.2 Å². The van der Waals surface area contributed by atoms with Crippen LogP contribution in [0, 0.1) is 0 Å². The number of para-hydroxylation sites is 2. The summed E-state index contributed by atoms with van der Waals surface area (Å²) in [5.74, 6) is 0. The molecule has 0 bridgehead atoms. The number of imidazole rings is 1. The van der Waals surface area contributed by atoms with Gasteiger partial charge in [-0.2, -0.15) is 4.73 Å². The van der Waals surface area contributed by atoms with Crippen LogP contribution in [0.3, 0.4) is 0 Å². The number of nitrogens with zero attached hydrogens (tertiary/aromatic N) is 2. The van der Waals surface area contributed by atoms with Crippen LogP contribution in [-0.4, -0.2) is 16.3 Å². The molecule has 1 heterocycles. The molecule has 0 aliphatic heterocycles. The fourth-order valence-corrected chi connectivity index (χ4v) is 1.86. The van der Waals surface area contributed by atoms with E-state index in [4.69, 9.17) is 9.15 Å². The first-order valence-corrected chi connectivity index (χ1v) is 5.92. The Morgan fingerprint density at radius 1 is 1.50 bits per heavy atom. The van der Waals surface area contributed by atoms with Crippen molar-refractivity contribution in [3.63, 3.8) is 0 Å². The van der Waals surface area contributed by atoms with Crippen LogP contribution in [0.1, 0.15) is 0 Å². The summed E-state index contributed by atoms with van der Waals surface area (Å²) in [5.41, 5.74) is 1.53. The van der Waals surface area contributed by atoms with Crippen molar-refractivity contribution < 1.29 is 13.7 Å². The molecule has 0 fully saturated rings. The quantitative estimate of drug-likeness (QED) is 0.591. The Kier molecular flexibility index (Phi) is 3.39. The van der Waals surface area contributed by atoms with E-state index >= 15 is 0 Å². The Bertz CT molecular complexity index is 524. The Morgan fingerprint density at radius 3 is 3.12 bits per heavy atom. The van der Waals surface area contributed by atoms with Gasteiger partial charge in [0.1, 0.15) is 11.8 Å². The van der Waals surface area contributed by atoms with Crippen LogP contribution in [0.4, 0.5) is 0 Å². The van der Waals surface area contributed by atoms with Crippen LogP contribution in [-0.2, 0) is 9.09 Å². The van der Waals surface area contributed by atoms with E-state index in [1.54, 1.807) is 0 Å². The lowest BCUT2D eigenvalue weighted by Crippen LogP contribution is -2.02. The summed E-state index contributed by atoms with van der Waals surface area (Å²) in [7, 11) is -2.56. The van der Waals surface area contributed by atoms with Crippen LogP contribution < -0.4 is 4.62 Å². The lowest BCUT2D eigenvalue weighted by Gasteiger charge is -2.05. The molecule has 1 aromatic carbocycles. The first-order valence-electron chi connectivity index (χ1n) is 4.69. The normalized spacial score (nSPS) is 12.5. The maximum absolute atomic E-state index is 11.4. The van der Waals surface area contributed by atoms with Gasteiger partial charge in [-0.05, 0) is 12.1 Å². The standard InChI is InChI=1S/C10H11N2O3P/c1-2-7-14-16(13)15-12-8-11-9-5-3-4-6-10(9)12/h2-6,8,16H,1,7H2. The highest BCUT2D eigenvalue weighted by Crippen LogP contribution is 2.21. The molecular weight excluding hydrogens is 227 g/mol. The average molecular weight is 238 g/mol. The zero-order chi connectivity index (χ0) is 11.4. The molecule has 0 radical (unpaired) electrons. The molecule has 0 N–H and O–H groups in total. The highest BCUT2D eigenvalue weighted by atomic mass is 31.1. The molecule has 5 nitrogen and oxygen atoms in total. The average Bonchev–Trinajstić information content (AvgIpc) is 2.70. The smallest absolute Gasteiger partial charge is 0.333 e. The molecule has 0 amide bonds. The fraction of sp³-hybridized carbons (Fsp3) is 0.100. The summed E-state index contributed by atoms with van der Waals surface area (Å²) >= 11 is 0. The number of hydrogen-bond acceptors (Lipinski definition) is 4. The summed E-state index contributed by atoms with van der Waals surface area (Å²) in [5, 5.41) is 0. The van der Waals surface area contributed by atoms with Crippen molar-refractivity contribution in [2.75, 3.05) is 6.61 Å². The number of aromatic nitrogens is 2. The number of rotatable bonds is 5. The van der Waals surface area contributed by atoms with Crippen LogP contribution >= 0.6 is 8.25 Å². The molecular formula is C10H11N2O3P. The SMILES string of the molecule is C=CCO[PH](=O)On1cnc2ccccc21. The predicted octanol–water partition coefficient (Wildman–Crippen LogP) is 2.06. The van der Waals surface area contributed by atoms with Crippen molar-refractivity contribution in [3.05, 3.63) is 43.2 Å². The van der Waals surface area contributed by atoms with Crippen molar-refractivity contribution in [3.8, 4) is 0 Å². The van der Waals surface area contributed by atoms with Crippen molar-refractivity contribution in [1.29, 1.82) is 0 Å². The highest BCUT2D eigenvalue weighted by Gasteiger charge is 2.05. The number of hydrogen-bond donors (Lipinski definition) is 0. The second-order valence-electron chi connectivity index (χ2n) is 3.00. The summed E-state index contributed by atoms with van der Waals surface area (Å²) in [6.45, 7) is 3.66. The maximum Gasteiger partial charge on any atom is 0.387 e. The van der Waals surface area contributed by atoms with Gasteiger partial charge < -0.3 is 4.62 Å². The van der Waals surface area contributed by atoms with Gasteiger partial charge in [-0.25, -0.2) is 9.55 Å². The number of fused-ring (bicyclic) bond motifs is 1. The van der Waals surface area contributed by atoms with Crippen LogP contribution in [0.25, 0.3) is 11.0 Å². The minimum Gasteiger partial charge on any atom is -0.333 e. The van der Waals surface area contributed by atoms with Gasteiger partial charge in [0.25, 0.3) is 0 Å². The minimum absolute atomic E-state index is 0.199. The molecule has 6 heteroatoms. The van der Waals surface area contributed by atoms with Gasteiger partial charge in [0.15, 0.2) is 0 Å². The lowest BCUT2D eigenvalue weighted by molar-refractivity contribution is 0.227. The molecule has 1 unspecified atom stereocenters. The molecule has 1 atom stereocenters. The zero-order valence-electron chi connectivity index (χ0n) is 8.50. The van der Waals surface area contributed by atoms with Crippen molar-refractivity contribution in [1.82, 2.24) is 9.71 Å². The monoisotopic (exact) mass is 238 g/mol. The molecule has 2 rings (SSSR count). The largest absolute Gasteiger partial charge is 0.387 e. The van der Waals surface area contributed by atoms with Crippen molar-refractivity contribution >= 4 is 19.3 Å². The fourth-order valence-electron chi connectivity index (χ4n) is 1.24. The molecule has 1 aromatic heterocycles. The van der Waals surface area contributed by atoms with Gasteiger partial charge in [-0.3, -0.25) is 4.52 Å². The molecule has 0 saturated carbocycles. The molecule has 84 valence electrons. The van der Waals surface area contributed by atoms with E-state index in [0.717, 1.165) is 11.0 Å². The van der Waals surface area contributed by atoms with Crippen LogP contribution in [0.2, 0.25) is 0 Å². The summed E-state index contributed by atoms with van der Waals surface area (Å²) < 4.78 is 22.7. The Hall–Kier alpha value is -1.58. The third kappa shape index (κ3) is 2.32. The maximum atomic E-state index is 11.4. The molecule has 0 aliphatic rings. The molecule has 0 saturated heterocycles. The zero-order valence-corrected chi connectivity index (χ0v) is 9.50. The summed E-state index contributed by atoms with van der Waals surface area (Å²) in [4.78, 5) is 4.09. The van der Waals surface area contributed by atoms with Gasteiger partial charge in [0.2, 0.25) is 0 Å². The van der Waals surface area contributed by atoms with Gasteiger partial charge in [-0.15, -0.1) is 6.58 Å². The topological polar surface area (TPSA) is 53.4 Å². The molecule has 2 aromatic rings. The minimum atomic E-state index is -2.56. The van der Waals surface area contributed by atoms with Crippen molar-refractivity contribution in [2.45, 2.75) is 0 Å². The first-order chi connectivity index (χ1) is 7.81. The second kappa shape index (κ2) is 4.96. The Morgan fingerprint density at radius 2 is 2.31 bits per heavy atom. The third-order valence-electron chi connectivity index (χ3n) is 1.91. The summed E-state index contributed by atoms with van der Waals surface area (Å²) in [6.07, 6.45) is 2.97. The van der Waals surface area contributed by atoms with E-state index in [-0.39, 0.29) is 6.61 Å². The van der Waals surface area contributed by atoms with Crippen LogP contribution in [0.5, 0.6) is 0 Å². The van der Waals surface area contributed by atoms with Crippen molar-refractivity contribution in [2.24, 2.45) is 0 Å². The predicted molar refractivity (Wildman–Crippen MR) is 61.5 cm³/mol. The highest BCUT2D eigenvalue weighted by molar-refractivity contribution is 7.33. The molecule has 16 heavy (non-hydrogen) atoms.